The first-order valence-electron chi connectivity index (χ1n) is 8.80. The highest BCUT2D eigenvalue weighted by Crippen LogP contribution is 2.25. The number of piperidine rings is 1. The standard InChI is InChI=1S/C19H29FN2O2/c1-15(2)8-11-21-12-9-18(10-13-21)22(19(23)14-24-3)17-6-4-16(20)5-7-17/h4-7,15,18H,8-14H2,1-3H3. The van der Waals surface area contributed by atoms with E-state index in [1.165, 1.54) is 25.7 Å². The van der Waals surface area contributed by atoms with Gasteiger partial charge in [0.25, 0.3) is 5.91 Å². The summed E-state index contributed by atoms with van der Waals surface area (Å²) in [6.45, 7) is 7.64. The number of amides is 1. The van der Waals surface area contributed by atoms with Gasteiger partial charge >= 0.3 is 0 Å². The molecule has 134 valence electrons. The van der Waals surface area contributed by atoms with Gasteiger partial charge in [0.15, 0.2) is 0 Å². The van der Waals surface area contributed by atoms with Crippen LogP contribution >= 0.6 is 0 Å². The summed E-state index contributed by atoms with van der Waals surface area (Å²) in [6.07, 6.45) is 3.07. The number of carbonyl (C=O) groups excluding carboxylic acids is 1. The lowest BCUT2D eigenvalue weighted by molar-refractivity contribution is -0.122. The molecule has 0 aliphatic carbocycles. The lowest BCUT2D eigenvalue weighted by Crippen LogP contribution is -2.49. The van der Waals surface area contributed by atoms with Gasteiger partial charge in [0.05, 0.1) is 0 Å². The maximum atomic E-state index is 13.2. The number of methoxy groups -OCH3 is 1. The molecule has 2 rings (SSSR count). The predicted octanol–water partition coefficient (Wildman–Crippen LogP) is 3.32. The Morgan fingerprint density at radius 2 is 1.92 bits per heavy atom. The van der Waals surface area contributed by atoms with Crippen molar-refractivity contribution in [3.8, 4) is 0 Å². The Labute approximate surface area is 144 Å². The van der Waals surface area contributed by atoms with Crippen molar-refractivity contribution in [1.82, 2.24) is 4.90 Å². The molecule has 0 aromatic heterocycles. The van der Waals surface area contributed by atoms with Crippen LogP contribution in [0.1, 0.15) is 33.1 Å². The van der Waals surface area contributed by atoms with E-state index in [1.54, 1.807) is 17.0 Å². The van der Waals surface area contributed by atoms with Crippen LogP contribution in [0, 0.1) is 11.7 Å². The highest BCUT2D eigenvalue weighted by atomic mass is 19.1. The van der Waals surface area contributed by atoms with Gasteiger partial charge in [0.1, 0.15) is 12.4 Å². The minimum absolute atomic E-state index is 0.0466. The lowest BCUT2D eigenvalue weighted by atomic mass is 10.0. The number of carbonyl (C=O) groups is 1. The van der Waals surface area contributed by atoms with Crippen molar-refractivity contribution in [2.24, 2.45) is 5.92 Å². The van der Waals surface area contributed by atoms with E-state index in [2.05, 4.69) is 18.7 Å². The number of likely N-dealkylation sites (tertiary alicyclic amines) is 1. The molecular weight excluding hydrogens is 307 g/mol. The van der Waals surface area contributed by atoms with E-state index in [9.17, 15) is 9.18 Å². The van der Waals surface area contributed by atoms with Crippen LogP contribution in [0.2, 0.25) is 0 Å². The average Bonchev–Trinajstić information content (AvgIpc) is 2.56. The number of anilines is 1. The fourth-order valence-electron chi connectivity index (χ4n) is 3.20. The first kappa shape index (κ1) is 18.9. The van der Waals surface area contributed by atoms with Crippen LogP contribution in [0.3, 0.4) is 0 Å². The van der Waals surface area contributed by atoms with Gasteiger partial charge in [-0.1, -0.05) is 13.8 Å². The van der Waals surface area contributed by atoms with Crippen LogP contribution in [0.25, 0.3) is 0 Å². The fourth-order valence-corrected chi connectivity index (χ4v) is 3.20. The van der Waals surface area contributed by atoms with Gasteiger partial charge in [-0.15, -0.1) is 0 Å². The summed E-state index contributed by atoms with van der Waals surface area (Å²) in [4.78, 5) is 16.8. The Morgan fingerprint density at radius 3 is 2.46 bits per heavy atom. The van der Waals surface area contributed by atoms with Crippen LogP contribution in [-0.2, 0) is 9.53 Å². The molecule has 1 aromatic rings. The molecule has 24 heavy (non-hydrogen) atoms. The van der Waals surface area contributed by atoms with Crippen molar-refractivity contribution in [3.63, 3.8) is 0 Å². The third-order valence-electron chi connectivity index (χ3n) is 4.59. The van der Waals surface area contributed by atoms with Gasteiger partial charge < -0.3 is 14.5 Å². The number of rotatable bonds is 7. The maximum Gasteiger partial charge on any atom is 0.253 e. The molecule has 1 aliphatic heterocycles. The first-order valence-corrected chi connectivity index (χ1v) is 8.80. The molecule has 0 N–H and O–H groups in total. The Morgan fingerprint density at radius 1 is 1.29 bits per heavy atom. The highest BCUT2D eigenvalue weighted by Gasteiger charge is 2.29. The van der Waals surface area contributed by atoms with Crippen molar-refractivity contribution >= 4 is 11.6 Å². The molecule has 0 bridgehead atoms. The van der Waals surface area contributed by atoms with Gasteiger partial charge in [0, 0.05) is 31.9 Å². The van der Waals surface area contributed by atoms with Crippen LogP contribution < -0.4 is 4.90 Å². The molecule has 1 aromatic carbocycles. The zero-order valence-electron chi connectivity index (χ0n) is 15.0. The molecule has 0 radical (unpaired) electrons. The predicted molar refractivity (Wildman–Crippen MR) is 94.7 cm³/mol. The van der Waals surface area contributed by atoms with E-state index >= 15 is 0 Å². The number of nitrogens with zero attached hydrogens (tertiary/aromatic N) is 2. The average molecular weight is 336 g/mol. The third kappa shape index (κ3) is 5.28. The third-order valence-corrected chi connectivity index (χ3v) is 4.59. The molecule has 0 saturated carbocycles. The molecule has 1 amide bonds. The second-order valence-electron chi connectivity index (χ2n) is 6.93. The van der Waals surface area contributed by atoms with E-state index in [4.69, 9.17) is 4.74 Å². The summed E-state index contributed by atoms with van der Waals surface area (Å²) in [5.41, 5.74) is 0.749. The zero-order chi connectivity index (χ0) is 17.5. The number of hydrogen-bond acceptors (Lipinski definition) is 3. The van der Waals surface area contributed by atoms with Gasteiger partial charge in [-0.3, -0.25) is 4.79 Å². The quantitative estimate of drug-likeness (QED) is 0.766. The molecule has 0 unspecified atom stereocenters. The number of hydrogen-bond donors (Lipinski definition) is 0. The van der Waals surface area contributed by atoms with Gasteiger partial charge in [-0.05, 0) is 56.0 Å². The Kier molecular flexibility index (Phi) is 7.18. The summed E-state index contributed by atoms with van der Waals surface area (Å²) in [5, 5.41) is 0. The molecule has 1 fully saturated rings. The van der Waals surface area contributed by atoms with Gasteiger partial charge in [-0.2, -0.15) is 0 Å². The normalized spacial score (nSPS) is 16.5. The number of benzene rings is 1. The number of halogens is 1. The molecule has 4 nitrogen and oxygen atoms in total. The fraction of sp³-hybridized carbons (Fsp3) is 0.632. The van der Waals surface area contributed by atoms with Crippen molar-refractivity contribution in [1.29, 1.82) is 0 Å². The molecule has 1 saturated heterocycles. The topological polar surface area (TPSA) is 32.8 Å². The zero-order valence-corrected chi connectivity index (χ0v) is 15.0. The van der Waals surface area contributed by atoms with E-state index in [-0.39, 0.29) is 24.4 Å². The monoisotopic (exact) mass is 336 g/mol. The first-order chi connectivity index (χ1) is 11.5. The van der Waals surface area contributed by atoms with Gasteiger partial charge in [-0.25, -0.2) is 4.39 Å². The van der Waals surface area contributed by atoms with Crippen LogP contribution in [-0.4, -0.2) is 50.2 Å². The summed E-state index contributed by atoms with van der Waals surface area (Å²) in [7, 11) is 1.52. The minimum Gasteiger partial charge on any atom is -0.375 e. The van der Waals surface area contributed by atoms with Crippen molar-refractivity contribution in [2.45, 2.75) is 39.2 Å². The lowest BCUT2D eigenvalue weighted by Gasteiger charge is -2.38. The molecule has 1 heterocycles. The van der Waals surface area contributed by atoms with E-state index in [0.29, 0.717) is 5.92 Å². The van der Waals surface area contributed by atoms with Crippen LogP contribution in [0.4, 0.5) is 10.1 Å². The largest absolute Gasteiger partial charge is 0.375 e. The maximum absolute atomic E-state index is 13.2. The Balaban J connectivity index is 2.03. The molecule has 1 aliphatic rings. The van der Waals surface area contributed by atoms with Crippen LogP contribution in [0.5, 0.6) is 0 Å². The minimum atomic E-state index is -0.290. The molecule has 5 heteroatoms. The van der Waals surface area contributed by atoms with Crippen LogP contribution in [0.15, 0.2) is 24.3 Å². The summed E-state index contributed by atoms with van der Waals surface area (Å²) in [5.74, 6) is 0.354. The van der Waals surface area contributed by atoms with Gasteiger partial charge in [0.2, 0.25) is 0 Å². The second kappa shape index (κ2) is 9.14. The van der Waals surface area contributed by atoms with Crippen molar-refractivity contribution in [3.05, 3.63) is 30.1 Å². The smallest absolute Gasteiger partial charge is 0.253 e. The molecule has 0 spiro atoms. The summed E-state index contributed by atoms with van der Waals surface area (Å²) in [6, 6.07) is 6.30. The number of ether oxygens (including phenoxy) is 1. The molecular formula is C19H29FN2O2. The van der Waals surface area contributed by atoms with Crippen molar-refractivity contribution < 1.29 is 13.9 Å². The summed E-state index contributed by atoms with van der Waals surface area (Å²) >= 11 is 0. The molecule has 0 atom stereocenters. The highest BCUT2D eigenvalue weighted by molar-refractivity contribution is 5.94. The SMILES string of the molecule is COCC(=O)N(c1ccc(F)cc1)C1CCN(CCC(C)C)CC1. The van der Waals surface area contributed by atoms with E-state index < -0.39 is 0 Å². The Bertz CT molecular complexity index is 511. The summed E-state index contributed by atoms with van der Waals surface area (Å²) < 4.78 is 18.2. The van der Waals surface area contributed by atoms with E-state index in [1.807, 2.05) is 0 Å². The Hall–Kier alpha value is -1.46. The second-order valence-corrected chi connectivity index (χ2v) is 6.93. The van der Waals surface area contributed by atoms with Crippen molar-refractivity contribution in [2.75, 3.05) is 38.3 Å². The van der Waals surface area contributed by atoms with E-state index in [0.717, 1.165) is 38.2 Å².